The van der Waals surface area contributed by atoms with Crippen molar-refractivity contribution in [1.29, 1.82) is 0 Å². The van der Waals surface area contributed by atoms with Crippen molar-refractivity contribution >= 4 is 47.0 Å². The van der Waals surface area contributed by atoms with E-state index in [1.165, 1.54) is 29.4 Å². The summed E-state index contributed by atoms with van der Waals surface area (Å²) in [5.74, 6) is 2.14. The second-order valence-electron chi connectivity index (χ2n) is 5.95. The lowest BCUT2D eigenvalue weighted by Crippen LogP contribution is -1.93. The molecule has 2 aromatic carbocycles. The largest absolute Gasteiger partial charge is 0.372 e. The Labute approximate surface area is 158 Å². The zero-order chi connectivity index (χ0) is 15.9. The van der Waals surface area contributed by atoms with Gasteiger partial charge in [-0.25, -0.2) is 0 Å². The summed E-state index contributed by atoms with van der Waals surface area (Å²) in [5.41, 5.74) is 0. The average Bonchev–Trinajstić information content (AvgIpc) is 3.50. The van der Waals surface area contributed by atoms with Crippen molar-refractivity contribution in [2.45, 2.75) is 41.6 Å². The third-order valence-corrected chi connectivity index (χ3v) is 8.72. The topological polar surface area (TPSA) is 25.1 Å². The maximum Gasteiger partial charge on any atom is 0.0903 e. The Morgan fingerprint density at radius 2 is 1.21 bits per heavy atom. The van der Waals surface area contributed by atoms with Crippen molar-refractivity contribution in [3.05, 3.63) is 36.4 Å². The first kappa shape index (κ1) is 16.0. The number of benzene rings is 2. The van der Waals surface area contributed by atoms with Crippen LogP contribution in [0, 0.1) is 0 Å². The molecule has 2 saturated heterocycles. The van der Waals surface area contributed by atoms with Gasteiger partial charge in [0.1, 0.15) is 0 Å². The third-order valence-electron chi connectivity index (χ3n) is 3.95. The molecule has 2 nitrogen and oxygen atoms in total. The Morgan fingerprint density at radius 3 is 1.62 bits per heavy atom. The van der Waals surface area contributed by atoms with Crippen molar-refractivity contribution in [2.24, 2.45) is 0 Å². The van der Waals surface area contributed by atoms with E-state index < -0.39 is 0 Å². The molecule has 0 spiro atoms. The summed E-state index contributed by atoms with van der Waals surface area (Å²) < 4.78 is 10.6. The smallest absolute Gasteiger partial charge is 0.0903 e. The van der Waals surface area contributed by atoms with Crippen LogP contribution in [-0.2, 0) is 9.47 Å². The molecule has 3 aliphatic heterocycles. The number of ether oxygens (including phenoxy) is 2. The van der Waals surface area contributed by atoms with E-state index in [1.54, 1.807) is 0 Å². The standard InChI is InChI=1S/C18H16O2S4/c1-3-15-17(5-13(1)21-9-11-7-19-11)24-16-4-2-14(6-18(16)23-15)22-10-12-8-20-12/h1-6,11-12H,7-10H2. The molecule has 2 fully saturated rings. The maximum absolute atomic E-state index is 5.30. The predicted molar refractivity (Wildman–Crippen MR) is 102 cm³/mol. The minimum absolute atomic E-state index is 0.478. The molecule has 0 radical (unpaired) electrons. The number of hydrogen-bond donors (Lipinski definition) is 0. The summed E-state index contributed by atoms with van der Waals surface area (Å²) in [6, 6.07) is 13.7. The fraction of sp³-hybridized carbons (Fsp3) is 0.333. The van der Waals surface area contributed by atoms with Crippen molar-refractivity contribution in [3.8, 4) is 0 Å². The number of fused-ring (bicyclic) bond motifs is 2. The van der Waals surface area contributed by atoms with Crippen LogP contribution in [-0.4, -0.2) is 36.9 Å². The molecule has 124 valence electrons. The lowest BCUT2D eigenvalue weighted by molar-refractivity contribution is 0.426. The normalized spacial score (nSPS) is 23.5. The van der Waals surface area contributed by atoms with Crippen molar-refractivity contribution < 1.29 is 9.47 Å². The summed E-state index contributed by atoms with van der Waals surface area (Å²) in [6.07, 6.45) is 0.955. The van der Waals surface area contributed by atoms with E-state index in [2.05, 4.69) is 36.4 Å². The van der Waals surface area contributed by atoms with Crippen LogP contribution in [0.1, 0.15) is 0 Å². The number of rotatable bonds is 6. The summed E-state index contributed by atoms with van der Waals surface area (Å²) in [5, 5.41) is 0. The van der Waals surface area contributed by atoms with Crippen LogP contribution >= 0.6 is 47.0 Å². The molecule has 0 N–H and O–H groups in total. The van der Waals surface area contributed by atoms with E-state index in [1.807, 2.05) is 47.0 Å². The first-order valence-corrected chi connectivity index (χ1v) is 11.6. The van der Waals surface area contributed by atoms with Crippen molar-refractivity contribution in [1.82, 2.24) is 0 Å². The molecule has 0 aromatic heterocycles. The van der Waals surface area contributed by atoms with Gasteiger partial charge in [-0.05, 0) is 36.4 Å². The minimum atomic E-state index is 0.478. The van der Waals surface area contributed by atoms with Crippen LogP contribution in [0.5, 0.6) is 0 Å². The van der Waals surface area contributed by atoms with E-state index >= 15 is 0 Å². The highest BCUT2D eigenvalue weighted by molar-refractivity contribution is 8.05. The molecular formula is C18H16O2S4. The Morgan fingerprint density at radius 1 is 0.750 bits per heavy atom. The lowest BCUT2D eigenvalue weighted by Gasteiger charge is -2.19. The molecule has 2 unspecified atom stereocenters. The lowest BCUT2D eigenvalue weighted by atomic mass is 10.3. The highest BCUT2D eigenvalue weighted by Crippen LogP contribution is 2.50. The quantitative estimate of drug-likeness (QED) is 0.418. The Hall–Kier alpha value is -0.240. The van der Waals surface area contributed by atoms with Gasteiger partial charge in [-0.1, -0.05) is 23.5 Å². The van der Waals surface area contributed by atoms with Gasteiger partial charge in [-0.15, -0.1) is 23.5 Å². The maximum atomic E-state index is 5.30. The summed E-state index contributed by atoms with van der Waals surface area (Å²) in [7, 11) is 0. The molecule has 2 aromatic rings. The molecule has 0 aliphatic carbocycles. The van der Waals surface area contributed by atoms with Gasteiger partial charge in [-0.2, -0.15) is 0 Å². The molecular weight excluding hydrogens is 376 g/mol. The van der Waals surface area contributed by atoms with Crippen LogP contribution in [0.4, 0.5) is 0 Å². The predicted octanol–water partition coefficient (Wildman–Crippen LogP) is 5.28. The van der Waals surface area contributed by atoms with E-state index in [4.69, 9.17) is 9.47 Å². The average molecular weight is 393 g/mol. The first-order valence-electron chi connectivity index (χ1n) is 7.96. The van der Waals surface area contributed by atoms with Gasteiger partial charge in [0.25, 0.3) is 0 Å². The van der Waals surface area contributed by atoms with Gasteiger partial charge in [0, 0.05) is 40.9 Å². The molecule has 2 atom stereocenters. The van der Waals surface area contributed by atoms with Crippen molar-refractivity contribution in [2.75, 3.05) is 24.7 Å². The number of hydrogen-bond acceptors (Lipinski definition) is 6. The Kier molecular flexibility index (Phi) is 4.54. The van der Waals surface area contributed by atoms with Gasteiger partial charge >= 0.3 is 0 Å². The summed E-state index contributed by atoms with van der Waals surface area (Å²) in [4.78, 5) is 8.18. The molecule has 0 bridgehead atoms. The van der Waals surface area contributed by atoms with E-state index in [9.17, 15) is 0 Å². The summed E-state index contributed by atoms with van der Waals surface area (Å²) >= 11 is 7.59. The third kappa shape index (κ3) is 3.79. The van der Waals surface area contributed by atoms with E-state index in [-0.39, 0.29) is 0 Å². The fourth-order valence-electron chi connectivity index (χ4n) is 2.43. The van der Waals surface area contributed by atoms with Crippen LogP contribution < -0.4 is 0 Å². The van der Waals surface area contributed by atoms with Gasteiger partial charge in [0.05, 0.1) is 25.4 Å². The SMILES string of the molecule is c1cc2c(cc1SCC1CO1)Sc1ccc(SCC3CO3)cc1S2. The minimum Gasteiger partial charge on any atom is -0.372 e. The van der Waals surface area contributed by atoms with Gasteiger partial charge in [0.15, 0.2) is 0 Å². The second kappa shape index (κ2) is 6.82. The van der Waals surface area contributed by atoms with Crippen LogP contribution in [0.15, 0.2) is 65.8 Å². The molecule has 3 aliphatic rings. The highest BCUT2D eigenvalue weighted by Gasteiger charge is 2.24. The molecule has 24 heavy (non-hydrogen) atoms. The Bertz CT molecular complexity index is 706. The Balaban J connectivity index is 1.31. The zero-order valence-electron chi connectivity index (χ0n) is 12.9. The number of thioether (sulfide) groups is 2. The highest BCUT2D eigenvalue weighted by atomic mass is 32.2. The molecule has 3 heterocycles. The molecule has 0 saturated carbocycles. The van der Waals surface area contributed by atoms with Crippen LogP contribution in [0.3, 0.4) is 0 Å². The molecule has 6 heteroatoms. The zero-order valence-corrected chi connectivity index (χ0v) is 16.2. The first-order chi connectivity index (χ1) is 11.8. The van der Waals surface area contributed by atoms with Crippen molar-refractivity contribution in [3.63, 3.8) is 0 Å². The summed E-state index contributed by atoms with van der Waals surface area (Å²) in [6.45, 7) is 1.87. The van der Waals surface area contributed by atoms with E-state index in [0.29, 0.717) is 12.2 Å². The van der Waals surface area contributed by atoms with Gasteiger partial charge in [0.2, 0.25) is 0 Å². The fourth-order valence-corrected chi connectivity index (χ4v) is 6.72. The van der Waals surface area contributed by atoms with E-state index in [0.717, 1.165) is 24.7 Å². The van der Waals surface area contributed by atoms with Gasteiger partial charge < -0.3 is 9.47 Å². The van der Waals surface area contributed by atoms with Crippen LogP contribution in [0.2, 0.25) is 0 Å². The molecule has 0 amide bonds. The second-order valence-corrected chi connectivity index (χ2v) is 10.3. The monoisotopic (exact) mass is 392 g/mol. The van der Waals surface area contributed by atoms with Crippen LogP contribution in [0.25, 0.3) is 0 Å². The number of epoxide rings is 2. The molecule has 5 rings (SSSR count). The van der Waals surface area contributed by atoms with Gasteiger partial charge in [-0.3, -0.25) is 0 Å².